The molecular formula is C9H22Cl2N4O2. The monoisotopic (exact) mass is 288 g/mol. The van der Waals surface area contributed by atoms with Crippen LogP contribution in [0.25, 0.3) is 0 Å². The maximum absolute atomic E-state index is 11.0. The maximum atomic E-state index is 11.0. The van der Waals surface area contributed by atoms with Crippen LogP contribution in [0.5, 0.6) is 0 Å². The summed E-state index contributed by atoms with van der Waals surface area (Å²) < 4.78 is 0. The Hall–Kier alpha value is -0.560. The van der Waals surface area contributed by atoms with E-state index >= 15 is 0 Å². The standard InChI is InChI=1S/C9H20N4O2.2ClH/c1-15-13-7-6-12-8(9(11)14)4-2-3-5-10;;/h7-8,12H,2-6,10H2,1H3,(H2,11,14);2*1H/t8-;;/m0../s1. The van der Waals surface area contributed by atoms with Gasteiger partial charge in [0, 0.05) is 6.54 Å². The van der Waals surface area contributed by atoms with E-state index in [0.29, 0.717) is 19.5 Å². The van der Waals surface area contributed by atoms with Crippen molar-refractivity contribution < 1.29 is 9.63 Å². The van der Waals surface area contributed by atoms with E-state index < -0.39 is 0 Å². The van der Waals surface area contributed by atoms with Gasteiger partial charge in [-0.1, -0.05) is 11.6 Å². The molecular weight excluding hydrogens is 267 g/mol. The normalized spacial score (nSPS) is 11.4. The van der Waals surface area contributed by atoms with E-state index in [2.05, 4.69) is 15.3 Å². The van der Waals surface area contributed by atoms with Crippen LogP contribution in [-0.4, -0.2) is 38.4 Å². The molecule has 5 N–H and O–H groups in total. The number of primary amides is 1. The Kier molecular flexibility index (Phi) is 19.7. The molecule has 0 aromatic rings. The third-order valence-corrected chi connectivity index (χ3v) is 1.93. The molecule has 0 unspecified atom stereocenters. The van der Waals surface area contributed by atoms with Gasteiger partial charge in [0.15, 0.2) is 0 Å². The van der Waals surface area contributed by atoms with E-state index in [1.807, 2.05) is 0 Å². The van der Waals surface area contributed by atoms with Gasteiger partial charge in [-0.3, -0.25) is 4.79 Å². The quantitative estimate of drug-likeness (QED) is 0.316. The number of rotatable bonds is 9. The van der Waals surface area contributed by atoms with Crippen molar-refractivity contribution in [2.24, 2.45) is 16.6 Å². The molecule has 0 aliphatic heterocycles. The molecule has 0 aliphatic rings. The van der Waals surface area contributed by atoms with Crippen molar-refractivity contribution in [2.45, 2.75) is 25.3 Å². The molecule has 6 nitrogen and oxygen atoms in total. The maximum Gasteiger partial charge on any atom is 0.234 e. The molecule has 0 saturated heterocycles. The number of carbonyl (C=O) groups excluding carboxylic acids is 1. The van der Waals surface area contributed by atoms with Gasteiger partial charge in [-0.15, -0.1) is 24.8 Å². The minimum atomic E-state index is -0.349. The van der Waals surface area contributed by atoms with Crippen LogP contribution in [0.15, 0.2) is 5.16 Å². The van der Waals surface area contributed by atoms with Gasteiger partial charge in [0.05, 0.1) is 12.3 Å². The van der Waals surface area contributed by atoms with Gasteiger partial charge in [-0.2, -0.15) is 0 Å². The number of halogens is 2. The molecule has 0 saturated carbocycles. The number of nitrogens with one attached hydrogen (secondary N) is 1. The molecule has 1 amide bonds. The summed E-state index contributed by atoms with van der Waals surface area (Å²) in [5.74, 6) is -0.349. The second-order valence-electron chi connectivity index (χ2n) is 3.12. The number of hydrogen-bond donors (Lipinski definition) is 3. The van der Waals surface area contributed by atoms with Gasteiger partial charge < -0.3 is 21.6 Å². The van der Waals surface area contributed by atoms with Crippen molar-refractivity contribution in [1.82, 2.24) is 5.32 Å². The third kappa shape index (κ3) is 13.4. The number of hydrogen-bond acceptors (Lipinski definition) is 5. The molecule has 0 heterocycles. The molecule has 104 valence electrons. The number of nitrogens with two attached hydrogens (primary N) is 2. The summed E-state index contributed by atoms with van der Waals surface area (Å²) in [6.07, 6.45) is 4.03. The minimum Gasteiger partial charge on any atom is -0.399 e. The first kappa shape index (κ1) is 21.7. The van der Waals surface area contributed by atoms with Crippen LogP contribution in [-0.2, 0) is 9.63 Å². The molecule has 0 fully saturated rings. The molecule has 0 aromatic heterocycles. The predicted molar refractivity (Wildman–Crippen MR) is 73.9 cm³/mol. The van der Waals surface area contributed by atoms with Gasteiger partial charge in [-0.05, 0) is 19.4 Å². The minimum absolute atomic E-state index is 0. The number of nitrogens with zero attached hydrogens (tertiary/aromatic N) is 1. The summed E-state index contributed by atoms with van der Waals surface area (Å²) in [7, 11) is 1.46. The van der Waals surface area contributed by atoms with Crippen LogP contribution < -0.4 is 16.8 Å². The molecule has 0 aromatic carbocycles. The molecule has 0 rings (SSSR count). The summed E-state index contributed by atoms with van der Waals surface area (Å²) in [6, 6.07) is -0.320. The lowest BCUT2D eigenvalue weighted by Gasteiger charge is -2.13. The first-order chi connectivity index (χ1) is 7.22. The summed E-state index contributed by atoms with van der Waals surface area (Å²) >= 11 is 0. The van der Waals surface area contributed by atoms with Crippen LogP contribution in [0.1, 0.15) is 19.3 Å². The van der Waals surface area contributed by atoms with E-state index in [-0.39, 0.29) is 36.8 Å². The molecule has 0 bridgehead atoms. The number of unbranched alkanes of at least 4 members (excludes halogenated alkanes) is 1. The Bertz CT molecular complexity index is 205. The van der Waals surface area contributed by atoms with E-state index in [1.54, 1.807) is 6.21 Å². The molecule has 0 aliphatic carbocycles. The summed E-state index contributed by atoms with van der Waals surface area (Å²) in [4.78, 5) is 15.5. The van der Waals surface area contributed by atoms with Crippen LogP contribution in [0, 0.1) is 0 Å². The fraction of sp³-hybridized carbons (Fsp3) is 0.778. The zero-order chi connectivity index (χ0) is 11.5. The molecule has 0 radical (unpaired) electrons. The zero-order valence-corrected chi connectivity index (χ0v) is 11.6. The van der Waals surface area contributed by atoms with Gasteiger partial charge in [-0.25, -0.2) is 0 Å². The van der Waals surface area contributed by atoms with Gasteiger partial charge in [0.2, 0.25) is 5.91 Å². The lowest BCUT2D eigenvalue weighted by atomic mass is 10.1. The Morgan fingerprint density at radius 3 is 2.59 bits per heavy atom. The zero-order valence-electron chi connectivity index (χ0n) is 9.93. The highest BCUT2D eigenvalue weighted by molar-refractivity contribution is 5.85. The van der Waals surface area contributed by atoms with Crippen molar-refractivity contribution in [3.63, 3.8) is 0 Å². The van der Waals surface area contributed by atoms with Crippen LogP contribution in [0.3, 0.4) is 0 Å². The largest absolute Gasteiger partial charge is 0.399 e. The molecule has 17 heavy (non-hydrogen) atoms. The SMILES string of the molecule is CON=CCN[C@@H](CCCCN)C(N)=O.Cl.Cl. The Balaban J connectivity index is -0.000000980. The van der Waals surface area contributed by atoms with Crippen molar-refractivity contribution in [2.75, 3.05) is 20.2 Å². The van der Waals surface area contributed by atoms with Crippen LogP contribution in [0.2, 0.25) is 0 Å². The van der Waals surface area contributed by atoms with Crippen LogP contribution >= 0.6 is 24.8 Å². The average molecular weight is 289 g/mol. The fourth-order valence-corrected chi connectivity index (χ4v) is 1.14. The van der Waals surface area contributed by atoms with Crippen molar-refractivity contribution in [3.8, 4) is 0 Å². The second-order valence-corrected chi connectivity index (χ2v) is 3.12. The number of oxime groups is 1. The lowest BCUT2D eigenvalue weighted by molar-refractivity contribution is -0.120. The highest BCUT2D eigenvalue weighted by Crippen LogP contribution is 1.99. The Morgan fingerprint density at radius 2 is 2.12 bits per heavy atom. The molecule has 0 spiro atoms. The van der Waals surface area contributed by atoms with Crippen molar-refractivity contribution in [1.29, 1.82) is 0 Å². The highest BCUT2D eigenvalue weighted by Gasteiger charge is 2.12. The highest BCUT2D eigenvalue weighted by atomic mass is 35.5. The van der Waals surface area contributed by atoms with E-state index in [9.17, 15) is 4.79 Å². The van der Waals surface area contributed by atoms with Crippen LogP contribution in [0.4, 0.5) is 0 Å². The number of carbonyl (C=O) groups is 1. The third-order valence-electron chi connectivity index (χ3n) is 1.93. The van der Waals surface area contributed by atoms with Gasteiger partial charge in [0.25, 0.3) is 0 Å². The van der Waals surface area contributed by atoms with Crippen molar-refractivity contribution in [3.05, 3.63) is 0 Å². The number of amides is 1. The van der Waals surface area contributed by atoms with E-state index in [1.165, 1.54) is 7.11 Å². The summed E-state index contributed by atoms with van der Waals surface area (Å²) in [5, 5.41) is 6.51. The van der Waals surface area contributed by atoms with Gasteiger partial charge in [0.1, 0.15) is 7.11 Å². The Labute approximate surface area is 114 Å². The van der Waals surface area contributed by atoms with Gasteiger partial charge >= 0.3 is 0 Å². The van der Waals surface area contributed by atoms with E-state index in [4.69, 9.17) is 11.5 Å². The molecule has 1 atom stereocenters. The Morgan fingerprint density at radius 1 is 1.47 bits per heavy atom. The average Bonchev–Trinajstić information content (AvgIpc) is 2.21. The van der Waals surface area contributed by atoms with Crippen molar-refractivity contribution >= 4 is 36.9 Å². The van der Waals surface area contributed by atoms with E-state index in [0.717, 1.165) is 12.8 Å². The smallest absolute Gasteiger partial charge is 0.234 e. The topological polar surface area (TPSA) is 103 Å². The second kappa shape index (κ2) is 15.4. The fourth-order valence-electron chi connectivity index (χ4n) is 1.14. The predicted octanol–water partition coefficient (Wildman–Crippen LogP) is 0.0347. The lowest BCUT2D eigenvalue weighted by Crippen LogP contribution is -2.42. The first-order valence-corrected chi connectivity index (χ1v) is 5.00. The first-order valence-electron chi connectivity index (χ1n) is 5.00. The summed E-state index contributed by atoms with van der Waals surface area (Å²) in [5.41, 5.74) is 10.6. The summed E-state index contributed by atoms with van der Waals surface area (Å²) in [6.45, 7) is 1.10. The molecule has 8 heteroatoms.